The number of hydrogen-bond acceptors (Lipinski definition) is 3. The molecule has 0 fully saturated rings. The molecule has 0 unspecified atom stereocenters. The molecule has 0 radical (unpaired) electrons. The second kappa shape index (κ2) is 4.48. The lowest BCUT2D eigenvalue weighted by Gasteiger charge is -2.02. The number of rotatable bonds is 3. The molecule has 0 saturated carbocycles. The van der Waals surface area contributed by atoms with Crippen molar-refractivity contribution in [3.05, 3.63) is 56.0 Å². The first-order chi connectivity index (χ1) is 8.56. The molecule has 0 atom stereocenters. The molecule has 0 bridgehead atoms. The second-order valence-corrected chi connectivity index (χ2v) is 3.96. The maximum Gasteiger partial charge on any atom is 0.294 e. The van der Waals surface area contributed by atoms with Crippen molar-refractivity contribution in [3.8, 4) is 5.69 Å². The highest BCUT2D eigenvalue weighted by Gasteiger charge is 2.18. The van der Waals surface area contributed by atoms with Gasteiger partial charge >= 0.3 is 0 Å². The van der Waals surface area contributed by atoms with E-state index in [4.69, 9.17) is 0 Å². The summed E-state index contributed by atoms with van der Waals surface area (Å²) >= 11 is 0. The summed E-state index contributed by atoms with van der Waals surface area (Å²) in [7, 11) is 0. The first kappa shape index (κ1) is 12.1. The van der Waals surface area contributed by atoms with Gasteiger partial charge in [-0.2, -0.15) is 0 Å². The quantitative estimate of drug-likeness (QED) is 0.664. The van der Waals surface area contributed by atoms with E-state index in [2.05, 4.69) is 5.10 Å². The molecule has 6 nitrogen and oxygen atoms in total. The molecular weight excluding hydrogens is 234 g/mol. The third-order valence-corrected chi connectivity index (χ3v) is 2.90. The van der Waals surface area contributed by atoms with Crippen molar-refractivity contribution >= 4 is 5.69 Å². The maximum atomic E-state index is 12.0. The zero-order valence-electron chi connectivity index (χ0n) is 10.1. The molecule has 1 heterocycles. The SMILES string of the molecule is CCc1[nH]n(-c2ccccc2[N+](=O)[O-])c(=O)c1C. The molecule has 6 heteroatoms. The smallest absolute Gasteiger partial charge is 0.294 e. The molecule has 1 aromatic carbocycles. The summed E-state index contributed by atoms with van der Waals surface area (Å²) < 4.78 is 1.23. The van der Waals surface area contributed by atoms with E-state index >= 15 is 0 Å². The van der Waals surface area contributed by atoms with Gasteiger partial charge in [-0.1, -0.05) is 19.1 Å². The van der Waals surface area contributed by atoms with Crippen molar-refractivity contribution in [1.29, 1.82) is 0 Å². The molecule has 0 amide bonds. The number of nitro benzene ring substituents is 1. The molecule has 2 aromatic rings. The van der Waals surface area contributed by atoms with E-state index in [0.717, 1.165) is 5.69 Å². The standard InChI is InChI=1S/C12H13N3O3/c1-3-9-8(2)12(16)14(13-9)10-6-4-5-7-11(10)15(17)18/h4-7,13H,3H2,1-2H3. The Morgan fingerprint density at radius 2 is 2.06 bits per heavy atom. The number of hydrogen-bond donors (Lipinski definition) is 1. The van der Waals surface area contributed by atoms with Crippen LogP contribution in [0.3, 0.4) is 0 Å². The van der Waals surface area contributed by atoms with Crippen LogP contribution in [0.5, 0.6) is 0 Å². The van der Waals surface area contributed by atoms with Gasteiger partial charge in [0, 0.05) is 17.3 Å². The van der Waals surface area contributed by atoms with Crippen LogP contribution in [-0.4, -0.2) is 14.7 Å². The third-order valence-electron chi connectivity index (χ3n) is 2.90. The summed E-state index contributed by atoms with van der Waals surface area (Å²) in [6, 6.07) is 6.16. The summed E-state index contributed by atoms with van der Waals surface area (Å²) in [6.45, 7) is 3.63. The van der Waals surface area contributed by atoms with E-state index in [-0.39, 0.29) is 16.9 Å². The van der Waals surface area contributed by atoms with Gasteiger partial charge in [0.2, 0.25) is 0 Å². The molecule has 2 rings (SSSR count). The van der Waals surface area contributed by atoms with Crippen molar-refractivity contribution < 1.29 is 4.92 Å². The van der Waals surface area contributed by atoms with Crippen LogP contribution in [0.4, 0.5) is 5.69 Å². The number of nitro groups is 1. The largest absolute Gasteiger partial charge is 0.295 e. The Kier molecular flexibility index (Phi) is 3.01. The molecule has 0 saturated heterocycles. The van der Waals surface area contributed by atoms with Crippen LogP contribution >= 0.6 is 0 Å². The summed E-state index contributed by atoms with van der Waals surface area (Å²) in [5, 5.41) is 13.9. The number of para-hydroxylation sites is 2. The molecule has 0 aliphatic carbocycles. The number of H-pyrrole nitrogens is 1. The number of nitrogens with zero attached hydrogens (tertiary/aromatic N) is 2. The Morgan fingerprint density at radius 3 is 2.61 bits per heavy atom. The molecule has 1 N–H and O–H groups in total. The first-order valence-electron chi connectivity index (χ1n) is 5.60. The van der Waals surface area contributed by atoms with Crippen LogP contribution in [0, 0.1) is 17.0 Å². The van der Waals surface area contributed by atoms with Crippen molar-refractivity contribution in [2.75, 3.05) is 0 Å². The molecule has 18 heavy (non-hydrogen) atoms. The third kappa shape index (κ3) is 1.81. The summed E-state index contributed by atoms with van der Waals surface area (Å²) in [4.78, 5) is 22.5. The first-order valence-corrected chi connectivity index (χ1v) is 5.60. The van der Waals surface area contributed by atoms with Crippen molar-refractivity contribution in [3.63, 3.8) is 0 Å². The fourth-order valence-corrected chi connectivity index (χ4v) is 1.89. The fourth-order valence-electron chi connectivity index (χ4n) is 1.89. The van der Waals surface area contributed by atoms with Gasteiger partial charge < -0.3 is 0 Å². The lowest BCUT2D eigenvalue weighted by molar-refractivity contribution is -0.384. The van der Waals surface area contributed by atoms with Crippen LogP contribution in [0.15, 0.2) is 29.1 Å². The van der Waals surface area contributed by atoms with Crippen LogP contribution in [0.1, 0.15) is 18.2 Å². The Hall–Kier alpha value is -2.37. The minimum atomic E-state index is -0.496. The van der Waals surface area contributed by atoms with Gasteiger partial charge in [-0.25, -0.2) is 4.68 Å². The van der Waals surface area contributed by atoms with E-state index in [1.807, 2.05) is 6.92 Å². The van der Waals surface area contributed by atoms with Crippen LogP contribution in [0.25, 0.3) is 5.69 Å². The molecule has 1 aromatic heterocycles. The van der Waals surface area contributed by atoms with E-state index in [1.54, 1.807) is 25.1 Å². The Bertz CT molecular complexity index is 655. The van der Waals surface area contributed by atoms with E-state index < -0.39 is 4.92 Å². The van der Waals surface area contributed by atoms with Gasteiger partial charge in [-0.05, 0) is 19.4 Å². The zero-order valence-corrected chi connectivity index (χ0v) is 10.1. The molecular formula is C12H13N3O3. The molecule has 0 aliphatic rings. The minimum Gasteiger partial charge on any atom is -0.295 e. The second-order valence-electron chi connectivity index (χ2n) is 3.96. The van der Waals surface area contributed by atoms with Crippen molar-refractivity contribution in [1.82, 2.24) is 9.78 Å². The summed E-state index contributed by atoms with van der Waals surface area (Å²) in [6.07, 6.45) is 0.675. The number of aromatic nitrogens is 2. The monoisotopic (exact) mass is 247 g/mol. The Labute approximate surface area is 103 Å². The molecule has 94 valence electrons. The lowest BCUT2D eigenvalue weighted by atomic mass is 10.2. The van der Waals surface area contributed by atoms with Gasteiger partial charge in [0.25, 0.3) is 11.2 Å². The summed E-state index contributed by atoms with van der Waals surface area (Å²) in [5.74, 6) is 0. The number of benzene rings is 1. The average molecular weight is 247 g/mol. The molecule has 0 aliphatic heterocycles. The topological polar surface area (TPSA) is 80.9 Å². The Balaban J connectivity index is 2.70. The van der Waals surface area contributed by atoms with Gasteiger partial charge in [0.1, 0.15) is 5.69 Å². The lowest BCUT2D eigenvalue weighted by Crippen LogP contribution is -2.17. The summed E-state index contributed by atoms with van der Waals surface area (Å²) in [5.41, 5.74) is 1.30. The van der Waals surface area contributed by atoms with Crippen LogP contribution in [-0.2, 0) is 6.42 Å². The number of nitrogens with one attached hydrogen (secondary N) is 1. The average Bonchev–Trinajstić information content (AvgIpc) is 2.66. The zero-order chi connectivity index (χ0) is 13.3. The fraction of sp³-hybridized carbons (Fsp3) is 0.250. The highest BCUT2D eigenvalue weighted by atomic mass is 16.6. The highest BCUT2D eigenvalue weighted by Crippen LogP contribution is 2.20. The van der Waals surface area contributed by atoms with Gasteiger partial charge in [-0.15, -0.1) is 0 Å². The van der Waals surface area contributed by atoms with E-state index in [9.17, 15) is 14.9 Å². The number of aryl methyl sites for hydroxylation is 1. The normalized spacial score (nSPS) is 10.6. The van der Waals surface area contributed by atoms with E-state index in [1.165, 1.54) is 10.7 Å². The van der Waals surface area contributed by atoms with Crippen molar-refractivity contribution in [2.24, 2.45) is 0 Å². The van der Waals surface area contributed by atoms with Gasteiger partial charge in [0.05, 0.1) is 4.92 Å². The minimum absolute atomic E-state index is 0.0940. The van der Waals surface area contributed by atoms with Gasteiger partial charge in [0.15, 0.2) is 0 Å². The van der Waals surface area contributed by atoms with E-state index in [0.29, 0.717) is 12.0 Å². The molecule has 0 spiro atoms. The predicted octanol–water partition coefficient (Wildman–Crippen LogP) is 1.94. The van der Waals surface area contributed by atoms with Crippen LogP contribution in [0.2, 0.25) is 0 Å². The van der Waals surface area contributed by atoms with Gasteiger partial charge in [-0.3, -0.25) is 20.0 Å². The highest BCUT2D eigenvalue weighted by molar-refractivity contribution is 5.51. The Morgan fingerprint density at radius 1 is 1.39 bits per heavy atom. The predicted molar refractivity (Wildman–Crippen MR) is 67.2 cm³/mol. The van der Waals surface area contributed by atoms with Crippen LogP contribution < -0.4 is 5.56 Å². The van der Waals surface area contributed by atoms with Crippen molar-refractivity contribution in [2.45, 2.75) is 20.3 Å². The maximum absolute atomic E-state index is 12.0. The number of aromatic amines is 1.